The Morgan fingerprint density at radius 2 is 1.82 bits per heavy atom. The van der Waals surface area contributed by atoms with Gasteiger partial charge in [-0.3, -0.25) is 0 Å². The van der Waals surface area contributed by atoms with E-state index in [0.717, 1.165) is 5.82 Å². The van der Waals surface area contributed by atoms with E-state index < -0.39 is 0 Å². The van der Waals surface area contributed by atoms with Gasteiger partial charge < -0.3 is 9.80 Å². The third-order valence-corrected chi connectivity index (χ3v) is 1.85. The summed E-state index contributed by atoms with van der Waals surface area (Å²) in [6.45, 7) is 10.5. The molecule has 1 aliphatic rings. The molecule has 0 unspecified atom stereocenters. The van der Waals surface area contributed by atoms with Gasteiger partial charge in [0.1, 0.15) is 5.82 Å². The van der Waals surface area contributed by atoms with Crippen molar-refractivity contribution in [1.82, 2.24) is 9.80 Å². The smallest absolute Gasteiger partial charge is 0.105 e. The van der Waals surface area contributed by atoms with Crippen molar-refractivity contribution in [3.63, 3.8) is 0 Å². The highest BCUT2D eigenvalue weighted by Gasteiger charge is 2.25. The molecule has 1 heterocycles. The summed E-state index contributed by atoms with van der Waals surface area (Å²) in [4.78, 5) is 4.18. The van der Waals surface area contributed by atoms with Crippen LogP contribution in [0.15, 0.2) is 24.8 Å². The van der Waals surface area contributed by atoms with Gasteiger partial charge in [0.2, 0.25) is 0 Å². The molecule has 0 saturated heterocycles. The highest BCUT2D eigenvalue weighted by atomic mass is 15.4. The van der Waals surface area contributed by atoms with Crippen LogP contribution in [0.3, 0.4) is 0 Å². The molecule has 62 valence electrons. The molecule has 1 aliphatic heterocycles. The molecule has 0 aromatic rings. The van der Waals surface area contributed by atoms with Crippen LogP contribution in [-0.4, -0.2) is 22.4 Å². The van der Waals surface area contributed by atoms with Crippen LogP contribution < -0.4 is 0 Å². The highest BCUT2D eigenvalue weighted by Crippen LogP contribution is 2.25. The Labute approximate surface area is 68.8 Å². The summed E-state index contributed by atoms with van der Waals surface area (Å²) in [6, 6.07) is 0. The number of hydrogen-bond donors (Lipinski definition) is 0. The zero-order chi connectivity index (χ0) is 8.65. The standard InChI is InChI=1S/C9H16N2/c1-8-10(5)6-7-11(8)9(2,3)4/h6-7H,1H2,2-5H3. The summed E-state index contributed by atoms with van der Waals surface area (Å²) in [6.07, 6.45) is 4.08. The van der Waals surface area contributed by atoms with Gasteiger partial charge in [-0.2, -0.15) is 0 Å². The predicted molar refractivity (Wildman–Crippen MR) is 47.6 cm³/mol. The van der Waals surface area contributed by atoms with Gasteiger partial charge in [0.25, 0.3) is 0 Å². The molecular weight excluding hydrogens is 136 g/mol. The maximum atomic E-state index is 3.97. The average Bonchev–Trinajstić information content (AvgIpc) is 2.11. The molecule has 0 fully saturated rings. The fourth-order valence-corrected chi connectivity index (χ4v) is 1.12. The summed E-state index contributed by atoms with van der Waals surface area (Å²) in [5, 5.41) is 0. The lowest BCUT2D eigenvalue weighted by atomic mass is 10.1. The largest absolute Gasteiger partial charge is 0.337 e. The fraction of sp³-hybridized carbons (Fsp3) is 0.556. The zero-order valence-corrected chi connectivity index (χ0v) is 7.76. The molecule has 0 atom stereocenters. The van der Waals surface area contributed by atoms with E-state index in [1.165, 1.54) is 0 Å². The molecule has 0 N–H and O–H groups in total. The molecule has 1 rings (SSSR count). The summed E-state index contributed by atoms with van der Waals surface area (Å²) >= 11 is 0. The van der Waals surface area contributed by atoms with Crippen molar-refractivity contribution in [2.75, 3.05) is 7.05 Å². The van der Waals surface area contributed by atoms with E-state index in [2.05, 4.69) is 38.5 Å². The van der Waals surface area contributed by atoms with Crippen molar-refractivity contribution in [2.45, 2.75) is 26.3 Å². The first kappa shape index (κ1) is 8.18. The second kappa shape index (κ2) is 2.29. The Morgan fingerprint density at radius 1 is 1.27 bits per heavy atom. The maximum Gasteiger partial charge on any atom is 0.105 e. The van der Waals surface area contributed by atoms with E-state index in [0.29, 0.717) is 0 Å². The molecule has 0 aliphatic carbocycles. The van der Waals surface area contributed by atoms with Gasteiger partial charge in [0.15, 0.2) is 0 Å². The summed E-state index contributed by atoms with van der Waals surface area (Å²) in [5.41, 5.74) is 0.137. The van der Waals surface area contributed by atoms with Gasteiger partial charge in [-0.25, -0.2) is 0 Å². The monoisotopic (exact) mass is 152 g/mol. The molecule has 0 saturated carbocycles. The number of nitrogens with zero attached hydrogens (tertiary/aromatic N) is 2. The van der Waals surface area contributed by atoms with Crippen LogP contribution in [-0.2, 0) is 0 Å². The first-order valence-corrected chi connectivity index (χ1v) is 3.82. The lowest BCUT2D eigenvalue weighted by Crippen LogP contribution is -2.36. The quantitative estimate of drug-likeness (QED) is 0.523. The van der Waals surface area contributed by atoms with E-state index in [-0.39, 0.29) is 5.54 Å². The molecule has 0 aromatic carbocycles. The summed E-state index contributed by atoms with van der Waals surface area (Å²) in [5.74, 6) is 1.04. The minimum Gasteiger partial charge on any atom is -0.337 e. The van der Waals surface area contributed by atoms with Gasteiger partial charge in [-0.15, -0.1) is 0 Å². The van der Waals surface area contributed by atoms with Crippen molar-refractivity contribution >= 4 is 0 Å². The van der Waals surface area contributed by atoms with Crippen molar-refractivity contribution < 1.29 is 0 Å². The average molecular weight is 152 g/mol. The normalized spacial score (nSPS) is 18.4. The molecule has 0 radical (unpaired) electrons. The Bertz CT molecular complexity index is 198. The number of hydrogen-bond acceptors (Lipinski definition) is 2. The van der Waals surface area contributed by atoms with Crippen molar-refractivity contribution in [3.05, 3.63) is 24.8 Å². The highest BCUT2D eigenvalue weighted by molar-refractivity contribution is 5.13. The van der Waals surface area contributed by atoms with Gasteiger partial charge in [0.05, 0.1) is 0 Å². The lowest BCUT2D eigenvalue weighted by molar-refractivity contribution is 0.237. The Balaban J connectivity index is 2.79. The Kier molecular flexibility index (Phi) is 1.70. The SMILES string of the molecule is C=C1N(C)C=CN1C(C)(C)C. The second-order valence-corrected chi connectivity index (χ2v) is 3.87. The van der Waals surface area contributed by atoms with Gasteiger partial charge in [-0.1, -0.05) is 6.58 Å². The van der Waals surface area contributed by atoms with Crippen LogP contribution >= 0.6 is 0 Å². The molecule has 2 heteroatoms. The predicted octanol–water partition coefficient (Wildman–Crippen LogP) is 1.97. The van der Waals surface area contributed by atoms with Crippen LogP contribution in [0.1, 0.15) is 20.8 Å². The molecule has 0 bridgehead atoms. The summed E-state index contributed by atoms with van der Waals surface area (Å²) in [7, 11) is 2.00. The Morgan fingerprint density at radius 3 is 2.00 bits per heavy atom. The number of rotatable bonds is 0. The minimum absolute atomic E-state index is 0.137. The van der Waals surface area contributed by atoms with Gasteiger partial charge in [-0.05, 0) is 20.8 Å². The Hall–Kier alpha value is -0.920. The van der Waals surface area contributed by atoms with E-state index in [1.807, 2.05) is 18.1 Å². The van der Waals surface area contributed by atoms with Crippen molar-refractivity contribution in [1.29, 1.82) is 0 Å². The molecular formula is C9H16N2. The van der Waals surface area contributed by atoms with Crippen LogP contribution in [0, 0.1) is 0 Å². The van der Waals surface area contributed by atoms with E-state index >= 15 is 0 Å². The summed E-state index contributed by atoms with van der Waals surface area (Å²) < 4.78 is 0. The second-order valence-electron chi connectivity index (χ2n) is 3.87. The third kappa shape index (κ3) is 1.39. The maximum absolute atomic E-state index is 3.97. The van der Waals surface area contributed by atoms with Crippen LogP contribution in [0.4, 0.5) is 0 Å². The van der Waals surface area contributed by atoms with Crippen LogP contribution in [0.5, 0.6) is 0 Å². The molecule has 2 nitrogen and oxygen atoms in total. The zero-order valence-electron chi connectivity index (χ0n) is 7.76. The van der Waals surface area contributed by atoms with E-state index in [9.17, 15) is 0 Å². The van der Waals surface area contributed by atoms with E-state index in [4.69, 9.17) is 0 Å². The van der Waals surface area contributed by atoms with Crippen molar-refractivity contribution in [2.24, 2.45) is 0 Å². The topological polar surface area (TPSA) is 6.48 Å². The molecule has 0 amide bonds. The van der Waals surface area contributed by atoms with Crippen LogP contribution in [0.2, 0.25) is 0 Å². The van der Waals surface area contributed by atoms with Gasteiger partial charge >= 0.3 is 0 Å². The fourth-order valence-electron chi connectivity index (χ4n) is 1.12. The molecule has 0 spiro atoms. The van der Waals surface area contributed by atoms with Crippen molar-refractivity contribution in [3.8, 4) is 0 Å². The lowest BCUT2D eigenvalue weighted by Gasteiger charge is -2.33. The third-order valence-electron chi connectivity index (χ3n) is 1.85. The minimum atomic E-state index is 0.137. The molecule has 11 heavy (non-hydrogen) atoms. The first-order chi connectivity index (χ1) is 4.93. The first-order valence-electron chi connectivity index (χ1n) is 3.82. The van der Waals surface area contributed by atoms with Crippen LogP contribution in [0.25, 0.3) is 0 Å². The van der Waals surface area contributed by atoms with Gasteiger partial charge in [0, 0.05) is 25.0 Å². The molecule has 0 aromatic heterocycles. The van der Waals surface area contributed by atoms with E-state index in [1.54, 1.807) is 0 Å².